The van der Waals surface area contributed by atoms with E-state index < -0.39 is 0 Å². The van der Waals surface area contributed by atoms with Crippen molar-refractivity contribution in [1.29, 1.82) is 0 Å². The second-order valence-corrected chi connectivity index (χ2v) is 5.17. The minimum absolute atomic E-state index is 0.579. The van der Waals surface area contributed by atoms with E-state index in [1.807, 2.05) is 0 Å². The molecule has 14 heavy (non-hydrogen) atoms. The maximum atomic E-state index is 3.81. The Morgan fingerprint density at radius 1 is 1.14 bits per heavy atom. The van der Waals surface area contributed by atoms with Crippen LogP contribution < -0.4 is 0 Å². The third kappa shape index (κ3) is 2.84. The molecule has 0 N–H and O–H groups in total. The third-order valence-corrected chi connectivity index (χ3v) is 4.38. The summed E-state index contributed by atoms with van der Waals surface area (Å²) in [7, 11) is 0. The van der Waals surface area contributed by atoms with Gasteiger partial charge in [0, 0.05) is 4.83 Å². The van der Waals surface area contributed by atoms with E-state index in [2.05, 4.69) is 67.0 Å². The molecule has 2 unspecified atom stereocenters. The van der Waals surface area contributed by atoms with Crippen LogP contribution in [0.5, 0.6) is 0 Å². The van der Waals surface area contributed by atoms with Crippen molar-refractivity contribution in [2.45, 2.75) is 37.9 Å². The highest BCUT2D eigenvalue weighted by atomic mass is 79.9. The van der Waals surface area contributed by atoms with Crippen molar-refractivity contribution in [1.82, 2.24) is 0 Å². The minimum Gasteiger partial charge on any atom is -0.0881 e. The van der Waals surface area contributed by atoms with Crippen LogP contribution in [0.3, 0.4) is 0 Å². The molecule has 1 aromatic rings. The molecule has 0 aliphatic carbocycles. The van der Waals surface area contributed by atoms with Crippen molar-refractivity contribution in [2.75, 3.05) is 0 Å². The van der Waals surface area contributed by atoms with Crippen molar-refractivity contribution in [3.8, 4) is 0 Å². The van der Waals surface area contributed by atoms with E-state index in [1.54, 1.807) is 0 Å². The van der Waals surface area contributed by atoms with Gasteiger partial charge in [0.25, 0.3) is 0 Å². The molecule has 0 aliphatic heterocycles. The SMILES string of the molecule is CCC(c1ccccc1)C(Br)C(C)C. The molecule has 0 heterocycles. The molecule has 2 atom stereocenters. The molecule has 0 nitrogen and oxygen atoms in total. The largest absolute Gasteiger partial charge is 0.0881 e. The van der Waals surface area contributed by atoms with Crippen molar-refractivity contribution in [2.24, 2.45) is 5.92 Å². The van der Waals surface area contributed by atoms with E-state index in [0.29, 0.717) is 16.7 Å². The van der Waals surface area contributed by atoms with Gasteiger partial charge < -0.3 is 0 Å². The second-order valence-electron chi connectivity index (χ2n) is 4.11. The Balaban J connectivity index is 2.82. The number of hydrogen-bond acceptors (Lipinski definition) is 0. The highest BCUT2D eigenvalue weighted by molar-refractivity contribution is 9.09. The summed E-state index contributed by atoms with van der Waals surface area (Å²) < 4.78 is 0. The maximum absolute atomic E-state index is 3.81. The summed E-state index contributed by atoms with van der Waals surface area (Å²) in [6.45, 7) is 6.80. The molecular weight excluding hydrogens is 236 g/mol. The predicted molar refractivity (Wildman–Crippen MR) is 67.0 cm³/mol. The maximum Gasteiger partial charge on any atom is 0.0237 e. The van der Waals surface area contributed by atoms with Crippen LogP contribution in [0.25, 0.3) is 0 Å². The van der Waals surface area contributed by atoms with Gasteiger partial charge in [-0.3, -0.25) is 0 Å². The lowest BCUT2D eigenvalue weighted by Crippen LogP contribution is -2.17. The van der Waals surface area contributed by atoms with E-state index in [4.69, 9.17) is 0 Å². The monoisotopic (exact) mass is 254 g/mol. The summed E-state index contributed by atoms with van der Waals surface area (Å²) in [6, 6.07) is 10.8. The van der Waals surface area contributed by atoms with E-state index in [-0.39, 0.29) is 0 Å². The summed E-state index contributed by atoms with van der Waals surface area (Å²) >= 11 is 3.81. The zero-order chi connectivity index (χ0) is 10.6. The van der Waals surface area contributed by atoms with E-state index in [1.165, 1.54) is 12.0 Å². The van der Waals surface area contributed by atoms with Crippen LogP contribution in [0.15, 0.2) is 30.3 Å². The Bertz CT molecular complexity index is 253. The molecular formula is C13H19Br. The van der Waals surface area contributed by atoms with E-state index in [9.17, 15) is 0 Å². The van der Waals surface area contributed by atoms with Crippen LogP contribution in [0.4, 0.5) is 0 Å². The van der Waals surface area contributed by atoms with Crippen LogP contribution >= 0.6 is 15.9 Å². The molecule has 0 radical (unpaired) electrons. The lowest BCUT2D eigenvalue weighted by Gasteiger charge is -2.24. The van der Waals surface area contributed by atoms with Crippen LogP contribution in [-0.4, -0.2) is 4.83 Å². The molecule has 1 rings (SSSR count). The quantitative estimate of drug-likeness (QED) is 0.690. The van der Waals surface area contributed by atoms with Crippen LogP contribution in [-0.2, 0) is 0 Å². The standard InChI is InChI=1S/C13H19Br/c1-4-12(13(14)10(2)3)11-8-6-5-7-9-11/h5-10,12-13H,4H2,1-3H3. The van der Waals surface area contributed by atoms with Gasteiger partial charge in [-0.1, -0.05) is 67.0 Å². The fraction of sp³-hybridized carbons (Fsp3) is 0.538. The van der Waals surface area contributed by atoms with Crippen LogP contribution in [0.1, 0.15) is 38.7 Å². The fourth-order valence-corrected chi connectivity index (χ4v) is 2.49. The zero-order valence-corrected chi connectivity index (χ0v) is 10.8. The van der Waals surface area contributed by atoms with Crippen molar-refractivity contribution in [3.05, 3.63) is 35.9 Å². The predicted octanol–water partition coefficient (Wildman–Crippen LogP) is 4.60. The van der Waals surface area contributed by atoms with E-state index >= 15 is 0 Å². The lowest BCUT2D eigenvalue weighted by atomic mass is 9.88. The number of alkyl halides is 1. The average Bonchev–Trinajstić information content (AvgIpc) is 2.20. The topological polar surface area (TPSA) is 0 Å². The van der Waals surface area contributed by atoms with Gasteiger partial charge in [0.05, 0.1) is 0 Å². The highest BCUT2D eigenvalue weighted by Crippen LogP contribution is 2.32. The molecule has 0 bridgehead atoms. The first-order chi connectivity index (χ1) is 6.66. The third-order valence-electron chi connectivity index (χ3n) is 2.69. The first-order valence-electron chi connectivity index (χ1n) is 5.35. The minimum atomic E-state index is 0.579. The molecule has 0 aromatic heterocycles. The first kappa shape index (κ1) is 11.8. The number of rotatable bonds is 4. The second kappa shape index (κ2) is 5.55. The van der Waals surface area contributed by atoms with Gasteiger partial charge in [0.2, 0.25) is 0 Å². The molecule has 0 aliphatic rings. The molecule has 1 aromatic carbocycles. The van der Waals surface area contributed by atoms with Gasteiger partial charge >= 0.3 is 0 Å². The normalized spacial score (nSPS) is 15.5. The average molecular weight is 255 g/mol. The Kier molecular flexibility index (Phi) is 4.67. The molecule has 1 heteroatoms. The van der Waals surface area contributed by atoms with E-state index in [0.717, 1.165) is 0 Å². The molecule has 0 fully saturated rings. The van der Waals surface area contributed by atoms with Gasteiger partial charge in [0.15, 0.2) is 0 Å². The van der Waals surface area contributed by atoms with Gasteiger partial charge in [-0.2, -0.15) is 0 Å². The summed E-state index contributed by atoms with van der Waals surface area (Å²) in [5.74, 6) is 1.32. The smallest absolute Gasteiger partial charge is 0.0237 e. The lowest BCUT2D eigenvalue weighted by molar-refractivity contribution is 0.514. The number of benzene rings is 1. The van der Waals surface area contributed by atoms with Crippen molar-refractivity contribution >= 4 is 15.9 Å². The van der Waals surface area contributed by atoms with Gasteiger partial charge in [-0.05, 0) is 23.8 Å². The van der Waals surface area contributed by atoms with Crippen LogP contribution in [0, 0.1) is 5.92 Å². The number of halogens is 1. The summed E-state index contributed by atoms with van der Waals surface area (Å²) in [5, 5.41) is 0. The Morgan fingerprint density at radius 2 is 1.71 bits per heavy atom. The zero-order valence-electron chi connectivity index (χ0n) is 9.20. The summed E-state index contributed by atoms with van der Waals surface area (Å²) in [6.07, 6.45) is 1.19. The molecule has 0 amide bonds. The Hall–Kier alpha value is -0.300. The summed E-state index contributed by atoms with van der Waals surface area (Å²) in [5.41, 5.74) is 1.45. The molecule has 0 saturated carbocycles. The fourth-order valence-electron chi connectivity index (χ4n) is 1.81. The van der Waals surface area contributed by atoms with Crippen molar-refractivity contribution < 1.29 is 0 Å². The highest BCUT2D eigenvalue weighted by Gasteiger charge is 2.21. The summed E-state index contributed by atoms with van der Waals surface area (Å²) in [4.78, 5) is 0.579. The van der Waals surface area contributed by atoms with Crippen LogP contribution in [0.2, 0.25) is 0 Å². The first-order valence-corrected chi connectivity index (χ1v) is 6.27. The Labute approximate surface area is 95.9 Å². The molecule has 0 saturated heterocycles. The Morgan fingerprint density at radius 3 is 2.14 bits per heavy atom. The molecule has 78 valence electrons. The van der Waals surface area contributed by atoms with Gasteiger partial charge in [-0.25, -0.2) is 0 Å². The van der Waals surface area contributed by atoms with Crippen molar-refractivity contribution in [3.63, 3.8) is 0 Å². The number of hydrogen-bond donors (Lipinski definition) is 0. The van der Waals surface area contributed by atoms with Gasteiger partial charge in [-0.15, -0.1) is 0 Å². The van der Waals surface area contributed by atoms with Gasteiger partial charge in [0.1, 0.15) is 0 Å². The molecule has 0 spiro atoms.